The molecule has 1 aromatic heterocycles. The standard InChI is InChI=1S/C17H12Cl2N4O/c18-12-3-1-5-14(7-12)22-16(24)11-9-20-17(21-10-11)23-15-6-2-4-13(19)8-15/h1-10H,(H,22,24)(H,20,21,23). The summed E-state index contributed by atoms with van der Waals surface area (Å²) in [4.78, 5) is 20.4. The van der Waals surface area contributed by atoms with Crippen molar-refractivity contribution in [2.45, 2.75) is 0 Å². The van der Waals surface area contributed by atoms with E-state index in [0.717, 1.165) is 5.69 Å². The van der Waals surface area contributed by atoms with Crippen LogP contribution in [0, 0.1) is 0 Å². The van der Waals surface area contributed by atoms with E-state index in [1.54, 1.807) is 36.4 Å². The molecular formula is C17H12Cl2N4O. The summed E-state index contributed by atoms with van der Waals surface area (Å²) in [6, 6.07) is 14.1. The van der Waals surface area contributed by atoms with Crippen LogP contribution in [-0.4, -0.2) is 15.9 Å². The Labute approximate surface area is 148 Å². The zero-order chi connectivity index (χ0) is 16.9. The molecule has 0 saturated carbocycles. The molecule has 3 aromatic rings. The average Bonchev–Trinajstić information content (AvgIpc) is 2.55. The van der Waals surface area contributed by atoms with E-state index in [1.807, 2.05) is 12.1 Å². The van der Waals surface area contributed by atoms with Crippen LogP contribution in [0.15, 0.2) is 60.9 Å². The molecule has 0 radical (unpaired) electrons. The Balaban J connectivity index is 1.68. The number of anilines is 3. The molecule has 0 spiro atoms. The van der Waals surface area contributed by atoms with Crippen molar-refractivity contribution in [1.29, 1.82) is 0 Å². The molecule has 120 valence electrons. The summed E-state index contributed by atoms with van der Waals surface area (Å²) >= 11 is 11.8. The van der Waals surface area contributed by atoms with Crippen LogP contribution in [0.5, 0.6) is 0 Å². The minimum Gasteiger partial charge on any atom is -0.324 e. The minimum atomic E-state index is -0.313. The van der Waals surface area contributed by atoms with Crippen LogP contribution in [0.25, 0.3) is 0 Å². The van der Waals surface area contributed by atoms with E-state index >= 15 is 0 Å². The van der Waals surface area contributed by atoms with E-state index < -0.39 is 0 Å². The van der Waals surface area contributed by atoms with Crippen LogP contribution in [0.3, 0.4) is 0 Å². The molecule has 0 aliphatic carbocycles. The summed E-state index contributed by atoms with van der Waals surface area (Å²) in [5.74, 6) is 0.0585. The number of hydrogen-bond donors (Lipinski definition) is 2. The third kappa shape index (κ3) is 4.22. The van der Waals surface area contributed by atoms with Crippen molar-refractivity contribution in [2.24, 2.45) is 0 Å². The predicted molar refractivity (Wildman–Crippen MR) is 96.2 cm³/mol. The molecule has 0 bridgehead atoms. The summed E-state index contributed by atoms with van der Waals surface area (Å²) in [5, 5.41) is 6.90. The van der Waals surface area contributed by atoms with Crippen molar-refractivity contribution < 1.29 is 4.79 Å². The van der Waals surface area contributed by atoms with Crippen LogP contribution < -0.4 is 10.6 Å². The van der Waals surface area contributed by atoms with Gasteiger partial charge in [0.15, 0.2) is 0 Å². The van der Waals surface area contributed by atoms with Crippen LogP contribution in [0.4, 0.5) is 17.3 Å². The first kappa shape index (κ1) is 16.2. The Kier molecular flexibility index (Phi) is 4.93. The number of rotatable bonds is 4. The number of carbonyl (C=O) groups is 1. The van der Waals surface area contributed by atoms with Crippen molar-refractivity contribution in [1.82, 2.24) is 9.97 Å². The van der Waals surface area contributed by atoms with Crippen LogP contribution in [0.2, 0.25) is 10.0 Å². The van der Waals surface area contributed by atoms with Gasteiger partial charge in [-0.05, 0) is 36.4 Å². The fourth-order valence-electron chi connectivity index (χ4n) is 1.97. The monoisotopic (exact) mass is 358 g/mol. The van der Waals surface area contributed by atoms with Gasteiger partial charge in [0.05, 0.1) is 5.56 Å². The quantitative estimate of drug-likeness (QED) is 0.704. The normalized spacial score (nSPS) is 10.2. The second-order valence-corrected chi connectivity index (χ2v) is 5.77. The molecule has 7 heteroatoms. The molecule has 3 rings (SSSR count). The molecule has 2 N–H and O–H groups in total. The number of hydrogen-bond acceptors (Lipinski definition) is 4. The maximum atomic E-state index is 12.2. The summed E-state index contributed by atoms with van der Waals surface area (Å²) in [5.41, 5.74) is 1.71. The maximum absolute atomic E-state index is 12.2. The fourth-order valence-corrected chi connectivity index (χ4v) is 2.36. The summed E-state index contributed by atoms with van der Waals surface area (Å²) in [7, 11) is 0. The SMILES string of the molecule is O=C(Nc1cccc(Cl)c1)c1cnc(Nc2cccc(Cl)c2)nc1. The lowest BCUT2D eigenvalue weighted by Gasteiger charge is -2.07. The smallest absolute Gasteiger partial charge is 0.258 e. The number of benzene rings is 2. The zero-order valence-electron chi connectivity index (χ0n) is 12.3. The Hall–Kier alpha value is -2.63. The highest BCUT2D eigenvalue weighted by molar-refractivity contribution is 6.31. The molecule has 0 atom stereocenters. The second-order valence-electron chi connectivity index (χ2n) is 4.90. The molecular weight excluding hydrogens is 347 g/mol. The molecule has 2 aromatic carbocycles. The highest BCUT2D eigenvalue weighted by Crippen LogP contribution is 2.18. The third-order valence-electron chi connectivity index (χ3n) is 3.08. The van der Waals surface area contributed by atoms with Crippen molar-refractivity contribution in [3.05, 3.63) is 76.5 Å². The van der Waals surface area contributed by atoms with Crippen LogP contribution in [0.1, 0.15) is 10.4 Å². The van der Waals surface area contributed by atoms with Crippen LogP contribution >= 0.6 is 23.2 Å². The zero-order valence-corrected chi connectivity index (χ0v) is 13.8. The van der Waals surface area contributed by atoms with Crippen LogP contribution in [-0.2, 0) is 0 Å². The molecule has 0 unspecified atom stereocenters. The number of nitrogens with one attached hydrogen (secondary N) is 2. The Bertz CT molecular complexity index is 868. The maximum Gasteiger partial charge on any atom is 0.258 e. The van der Waals surface area contributed by atoms with Crippen molar-refractivity contribution >= 4 is 46.4 Å². The number of aromatic nitrogens is 2. The Morgan fingerprint density at radius 2 is 1.46 bits per heavy atom. The fraction of sp³-hybridized carbons (Fsp3) is 0. The molecule has 5 nitrogen and oxygen atoms in total. The van der Waals surface area contributed by atoms with E-state index in [0.29, 0.717) is 27.2 Å². The van der Waals surface area contributed by atoms with Gasteiger partial charge in [0, 0.05) is 33.8 Å². The van der Waals surface area contributed by atoms with Gasteiger partial charge in [-0.3, -0.25) is 4.79 Å². The molecule has 1 amide bonds. The minimum absolute atomic E-state index is 0.313. The molecule has 0 fully saturated rings. The first-order chi connectivity index (χ1) is 11.6. The van der Waals surface area contributed by atoms with E-state index in [2.05, 4.69) is 20.6 Å². The van der Waals surface area contributed by atoms with E-state index in [1.165, 1.54) is 12.4 Å². The van der Waals surface area contributed by atoms with Gasteiger partial charge < -0.3 is 10.6 Å². The predicted octanol–water partition coefficient (Wildman–Crippen LogP) is 4.78. The number of carbonyl (C=O) groups excluding carboxylic acids is 1. The first-order valence-corrected chi connectivity index (χ1v) is 7.77. The van der Waals surface area contributed by atoms with Gasteiger partial charge in [-0.25, -0.2) is 9.97 Å². The van der Waals surface area contributed by atoms with Gasteiger partial charge in [0.2, 0.25) is 5.95 Å². The van der Waals surface area contributed by atoms with Gasteiger partial charge in [-0.2, -0.15) is 0 Å². The molecule has 0 saturated heterocycles. The lowest BCUT2D eigenvalue weighted by Crippen LogP contribution is -2.13. The highest BCUT2D eigenvalue weighted by atomic mass is 35.5. The van der Waals surface area contributed by atoms with E-state index in [-0.39, 0.29) is 5.91 Å². The van der Waals surface area contributed by atoms with Gasteiger partial charge in [-0.1, -0.05) is 35.3 Å². The highest BCUT2D eigenvalue weighted by Gasteiger charge is 2.08. The van der Waals surface area contributed by atoms with E-state index in [9.17, 15) is 4.79 Å². The molecule has 0 aliphatic heterocycles. The average molecular weight is 359 g/mol. The van der Waals surface area contributed by atoms with Gasteiger partial charge in [0.25, 0.3) is 5.91 Å². The topological polar surface area (TPSA) is 66.9 Å². The summed E-state index contributed by atoms with van der Waals surface area (Å²) in [6.45, 7) is 0. The first-order valence-electron chi connectivity index (χ1n) is 7.02. The number of halogens is 2. The van der Waals surface area contributed by atoms with Gasteiger partial charge in [0.1, 0.15) is 0 Å². The Morgan fingerprint density at radius 1 is 0.875 bits per heavy atom. The largest absolute Gasteiger partial charge is 0.324 e. The van der Waals surface area contributed by atoms with Gasteiger partial charge >= 0.3 is 0 Å². The number of amides is 1. The van der Waals surface area contributed by atoms with Crippen molar-refractivity contribution in [2.75, 3.05) is 10.6 Å². The summed E-state index contributed by atoms with van der Waals surface area (Å²) in [6.07, 6.45) is 2.89. The third-order valence-corrected chi connectivity index (χ3v) is 3.55. The second kappa shape index (κ2) is 7.29. The van der Waals surface area contributed by atoms with Crippen molar-refractivity contribution in [3.63, 3.8) is 0 Å². The molecule has 1 heterocycles. The lowest BCUT2D eigenvalue weighted by atomic mass is 10.3. The Morgan fingerprint density at radius 3 is 2.08 bits per heavy atom. The summed E-state index contributed by atoms with van der Waals surface area (Å²) < 4.78 is 0. The van der Waals surface area contributed by atoms with Crippen molar-refractivity contribution in [3.8, 4) is 0 Å². The van der Waals surface area contributed by atoms with E-state index in [4.69, 9.17) is 23.2 Å². The van der Waals surface area contributed by atoms with Gasteiger partial charge in [-0.15, -0.1) is 0 Å². The lowest BCUT2D eigenvalue weighted by molar-refractivity contribution is 0.102. The molecule has 24 heavy (non-hydrogen) atoms. The molecule has 0 aliphatic rings. The number of nitrogens with zero attached hydrogens (tertiary/aromatic N) is 2.